The van der Waals surface area contributed by atoms with Gasteiger partial charge in [0.15, 0.2) is 17.3 Å². The number of cyclic esters (lactones) is 1. The zero-order valence-corrected chi connectivity index (χ0v) is 31.6. The summed E-state index contributed by atoms with van der Waals surface area (Å²) in [6.07, 6.45) is 1.48. The molecule has 0 bridgehead atoms. The second-order valence-corrected chi connectivity index (χ2v) is 16.0. The molecule has 4 N–H and O–H groups in total. The van der Waals surface area contributed by atoms with E-state index < -0.39 is 64.6 Å². The maximum absolute atomic E-state index is 13.1. The number of carbonyl (C=O) groups is 2. The highest BCUT2D eigenvalue weighted by molar-refractivity contribution is 6.27. The highest BCUT2D eigenvalue weighted by Crippen LogP contribution is 2.49. The van der Waals surface area contributed by atoms with Crippen LogP contribution in [-0.2, 0) is 28.5 Å². The van der Waals surface area contributed by atoms with Crippen LogP contribution in [0.5, 0.6) is 0 Å². The molecule has 3 fully saturated rings. The Morgan fingerprint density at radius 3 is 2.22 bits per heavy atom. The second kappa shape index (κ2) is 16.0. The second-order valence-electron chi connectivity index (χ2n) is 15.8. The van der Waals surface area contributed by atoms with E-state index in [1.807, 2.05) is 41.5 Å². The Bertz CT molecular complexity index is 1250. The largest absolute Gasteiger partial charge is 0.504 e. The van der Waals surface area contributed by atoms with Crippen LogP contribution in [0.3, 0.4) is 0 Å². The predicted octanol–water partition coefficient (Wildman–Crippen LogP) is 6.13. The van der Waals surface area contributed by atoms with Crippen molar-refractivity contribution in [1.29, 1.82) is 0 Å². The Hall–Kier alpha value is -1.53. The van der Waals surface area contributed by atoms with Crippen LogP contribution >= 0.6 is 11.6 Å². The zero-order chi connectivity index (χ0) is 36.6. The van der Waals surface area contributed by atoms with Crippen molar-refractivity contribution in [2.24, 2.45) is 35.5 Å². The van der Waals surface area contributed by atoms with Crippen LogP contribution in [-0.4, -0.2) is 86.1 Å². The van der Waals surface area contributed by atoms with Gasteiger partial charge in [0.1, 0.15) is 5.57 Å². The number of aliphatic hydroxyl groups excluding tert-OH is 3. The van der Waals surface area contributed by atoms with Crippen molar-refractivity contribution in [3.8, 4) is 0 Å². The van der Waals surface area contributed by atoms with E-state index in [4.69, 9.17) is 30.5 Å². The third-order valence-electron chi connectivity index (χ3n) is 12.7. The van der Waals surface area contributed by atoms with Gasteiger partial charge in [0.05, 0.1) is 59.5 Å². The van der Waals surface area contributed by atoms with Crippen LogP contribution in [0.1, 0.15) is 114 Å². The number of ether oxygens (including phenoxy) is 4. The van der Waals surface area contributed by atoms with Crippen molar-refractivity contribution in [2.75, 3.05) is 0 Å². The minimum atomic E-state index is -0.943. The zero-order valence-electron chi connectivity index (χ0n) is 30.9. The van der Waals surface area contributed by atoms with Crippen LogP contribution in [0.15, 0.2) is 22.6 Å². The number of carbonyl (C=O) groups excluding carboxylic acids is 2. The molecule has 0 aromatic carbocycles. The van der Waals surface area contributed by atoms with Gasteiger partial charge in [0.2, 0.25) is 0 Å². The minimum absolute atomic E-state index is 0.0121. The lowest BCUT2D eigenvalue weighted by Crippen LogP contribution is -2.55. The molecule has 4 aliphatic rings. The number of esters is 1. The number of hydrogen-bond donors (Lipinski definition) is 4. The molecule has 0 radical (unpaired) electrons. The molecule has 0 spiro atoms. The molecule has 0 saturated carbocycles. The molecule has 0 aromatic rings. The van der Waals surface area contributed by atoms with E-state index >= 15 is 0 Å². The average molecular weight is 713 g/mol. The van der Waals surface area contributed by atoms with Crippen molar-refractivity contribution >= 4 is 23.4 Å². The predicted molar refractivity (Wildman–Crippen MR) is 186 cm³/mol. The Morgan fingerprint density at radius 2 is 1.67 bits per heavy atom. The van der Waals surface area contributed by atoms with Gasteiger partial charge in [-0.05, 0) is 69.6 Å². The lowest BCUT2D eigenvalue weighted by molar-refractivity contribution is -0.232. The lowest BCUT2D eigenvalue weighted by atomic mass is 9.73. The highest BCUT2D eigenvalue weighted by Gasteiger charge is 2.55. The van der Waals surface area contributed by atoms with Gasteiger partial charge in [0.25, 0.3) is 0 Å². The summed E-state index contributed by atoms with van der Waals surface area (Å²) >= 11 is 5.61. The molecular weight excluding hydrogens is 652 g/mol. The van der Waals surface area contributed by atoms with Crippen LogP contribution < -0.4 is 0 Å². The van der Waals surface area contributed by atoms with E-state index in [-0.39, 0.29) is 60.1 Å². The molecule has 280 valence electrons. The molecule has 11 heteroatoms. The van der Waals surface area contributed by atoms with E-state index in [2.05, 4.69) is 20.8 Å². The molecule has 3 saturated heterocycles. The van der Waals surface area contributed by atoms with Gasteiger partial charge >= 0.3 is 5.97 Å². The minimum Gasteiger partial charge on any atom is -0.504 e. The number of hydrogen-bond acceptors (Lipinski definition) is 10. The van der Waals surface area contributed by atoms with Crippen molar-refractivity contribution in [1.82, 2.24) is 0 Å². The smallest absolute Gasteiger partial charge is 0.351 e. The number of halogens is 1. The standard InChI is InChI=1S/C38H61ClO10/c1-10-25(35-21(6)17-38(12-3,49-35)29-13-14-37(45,11-2)24(9)46-29)32(42)22(7)31(41)23(8)34-20(5)15-19(4)27(47-34)16-26(40)30-33(43)28(18-39)48-36(30)44/h18-25,27,29,31-32,34-35,41-43,45H,10-17H2,1-9H3/b28-18-/t19-,20-,21+,22-,23-,24+,25+,27-,29-,31+,32+,34+,35+,37-,38+/m1/s1. The number of ketones is 1. The SMILES string of the molecule is CC[C@@H]([C@@H](O)[C@H](C)[C@H](O)[C@@H](C)[C@H]1O[C@H](CC(=O)C2=C(O)/C(=C/Cl)OC2=O)[C@H](C)C[C@H]1C)[C@H]1O[C@](CC)([C@H]2CC[C@](O)(CC)[C@H](C)O2)C[C@@H]1C. The molecule has 0 aliphatic carbocycles. The first-order valence-corrected chi connectivity index (χ1v) is 19.0. The number of Topliss-reactive ketones (excluding diaryl/α,β-unsaturated/α-hetero) is 1. The fourth-order valence-electron chi connectivity index (χ4n) is 9.34. The number of rotatable bonds is 13. The summed E-state index contributed by atoms with van der Waals surface area (Å²) in [5.41, 5.74) is -0.863. The van der Waals surface area contributed by atoms with E-state index in [0.717, 1.165) is 24.8 Å². The Balaban J connectivity index is 1.44. The van der Waals surface area contributed by atoms with Gasteiger partial charge in [-0.2, -0.15) is 0 Å². The highest BCUT2D eigenvalue weighted by atomic mass is 35.5. The molecule has 0 aromatic heterocycles. The van der Waals surface area contributed by atoms with Gasteiger partial charge in [-0.1, -0.05) is 67.0 Å². The van der Waals surface area contributed by atoms with E-state index in [0.29, 0.717) is 25.7 Å². The van der Waals surface area contributed by atoms with Crippen LogP contribution in [0.2, 0.25) is 0 Å². The Kier molecular flexibility index (Phi) is 13.1. The van der Waals surface area contributed by atoms with Gasteiger partial charge in [0, 0.05) is 24.2 Å². The van der Waals surface area contributed by atoms with Gasteiger partial charge in [-0.15, -0.1) is 0 Å². The average Bonchev–Trinajstić information content (AvgIpc) is 3.57. The Morgan fingerprint density at radius 1 is 1.00 bits per heavy atom. The summed E-state index contributed by atoms with van der Waals surface area (Å²) in [6, 6.07) is 0. The van der Waals surface area contributed by atoms with Gasteiger partial charge in [-0.25, -0.2) is 4.79 Å². The van der Waals surface area contributed by atoms with Crippen LogP contribution in [0, 0.1) is 35.5 Å². The quantitative estimate of drug-likeness (QED) is 0.130. The molecule has 0 amide bonds. The van der Waals surface area contributed by atoms with E-state index in [1.165, 1.54) is 0 Å². The summed E-state index contributed by atoms with van der Waals surface area (Å²) in [7, 11) is 0. The normalized spacial score (nSPS) is 41.0. The molecular formula is C38H61ClO10. The maximum Gasteiger partial charge on any atom is 0.351 e. The van der Waals surface area contributed by atoms with Gasteiger partial charge in [-0.3, -0.25) is 4.79 Å². The van der Waals surface area contributed by atoms with Crippen molar-refractivity contribution in [3.05, 3.63) is 22.6 Å². The lowest BCUT2D eigenvalue weighted by Gasteiger charge is -2.47. The molecule has 49 heavy (non-hydrogen) atoms. The van der Waals surface area contributed by atoms with E-state index in [9.17, 15) is 30.0 Å². The van der Waals surface area contributed by atoms with Crippen molar-refractivity contribution in [3.63, 3.8) is 0 Å². The molecule has 15 atom stereocenters. The van der Waals surface area contributed by atoms with Crippen LogP contribution in [0.25, 0.3) is 0 Å². The topological polar surface area (TPSA) is 152 Å². The monoisotopic (exact) mass is 712 g/mol. The van der Waals surface area contributed by atoms with Crippen molar-refractivity contribution in [2.45, 2.75) is 168 Å². The molecule has 4 heterocycles. The summed E-state index contributed by atoms with van der Waals surface area (Å²) in [5.74, 6) is -3.23. The maximum atomic E-state index is 13.1. The number of aliphatic hydroxyl groups is 4. The molecule has 4 aliphatic heterocycles. The molecule has 0 unspecified atom stereocenters. The van der Waals surface area contributed by atoms with Crippen molar-refractivity contribution < 1.29 is 49.0 Å². The summed E-state index contributed by atoms with van der Waals surface area (Å²) in [4.78, 5) is 25.4. The first kappa shape index (κ1) is 40.2. The summed E-state index contributed by atoms with van der Waals surface area (Å²) in [5, 5.41) is 44.9. The Labute approximate surface area is 297 Å². The molecule has 10 nitrogen and oxygen atoms in total. The van der Waals surface area contributed by atoms with Gasteiger partial charge < -0.3 is 39.4 Å². The fourth-order valence-corrected chi connectivity index (χ4v) is 9.48. The summed E-state index contributed by atoms with van der Waals surface area (Å²) in [6.45, 7) is 18.1. The molecule has 4 rings (SSSR count). The first-order valence-electron chi connectivity index (χ1n) is 18.5. The fraction of sp³-hybridized carbons (Fsp3) is 0.842. The first-order chi connectivity index (χ1) is 23.0. The summed E-state index contributed by atoms with van der Waals surface area (Å²) < 4.78 is 24.8. The van der Waals surface area contributed by atoms with E-state index in [1.54, 1.807) is 0 Å². The van der Waals surface area contributed by atoms with Crippen LogP contribution in [0.4, 0.5) is 0 Å². The third-order valence-corrected chi connectivity index (χ3v) is 12.9. The third kappa shape index (κ3) is 7.81.